The van der Waals surface area contributed by atoms with Crippen molar-refractivity contribution in [3.05, 3.63) is 99.0 Å². The van der Waals surface area contributed by atoms with Gasteiger partial charge in [-0.05, 0) is 51.7 Å². The normalized spacial score (nSPS) is 22.8. The van der Waals surface area contributed by atoms with Gasteiger partial charge in [0, 0.05) is 39.1 Å². The van der Waals surface area contributed by atoms with Crippen LogP contribution in [0.15, 0.2) is 49.8 Å². The van der Waals surface area contributed by atoms with Crippen LogP contribution in [0.2, 0.25) is 10.0 Å². The lowest BCUT2D eigenvalue weighted by Gasteiger charge is -2.27. The van der Waals surface area contributed by atoms with E-state index in [-0.39, 0.29) is 28.8 Å². The van der Waals surface area contributed by atoms with E-state index < -0.39 is 60.6 Å². The molecule has 3 aromatic rings. The Morgan fingerprint density at radius 1 is 0.864 bits per heavy atom. The van der Waals surface area contributed by atoms with Gasteiger partial charge in [0.05, 0.1) is 25.4 Å². The topological polar surface area (TPSA) is 184 Å². The van der Waals surface area contributed by atoms with Gasteiger partial charge in [-0.3, -0.25) is 33.3 Å². The van der Waals surface area contributed by atoms with E-state index in [4.69, 9.17) is 41.7 Å². The molecule has 0 saturated carbocycles. The van der Waals surface area contributed by atoms with Gasteiger partial charge in [0.15, 0.2) is 5.85 Å². The molecule has 0 bridgehead atoms. The first kappa shape index (κ1) is 32.6. The summed E-state index contributed by atoms with van der Waals surface area (Å²) in [4.78, 5) is 52.6. The van der Waals surface area contributed by atoms with E-state index in [1.54, 1.807) is 19.9 Å². The van der Waals surface area contributed by atoms with E-state index in [0.29, 0.717) is 36.8 Å². The third-order valence-corrected chi connectivity index (χ3v) is 10.1. The summed E-state index contributed by atoms with van der Waals surface area (Å²) in [6.45, 7) is 2.58. The van der Waals surface area contributed by atoms with Crippen molar-refractivity contribution in [3.63, 3.8) is 0 Å². The molecule has 2 aliphatic rings. The number of hydrogen-bond donors (Lipinski definition) is 3. The Morgan fingerprint density at radius 3 is 1.73 bits per heavy atom. The average molecular weight is 673 g/mol. The molecule has 0 spiro atoms. The van der Waals surface area contributed by atoms with E-state index >= 15 is 0 Å². The zero-order valence-electron chi connectivity index (χ0n) is 23.7. The fourth-order valence-electron chi connectivity index (χ4n) is 5.10. The van der Waals surface area contributed by atoms with Gasteiger partial charge in [-0.15, -0.1) is 0 Å². The second-order valence-electron chi connectivity index (χ2n) is 10.7. The van der Waals surface area contributed by atoms with E-state index in [1.165, 1.54) is 33.7 Å². The van der Waals surface area contributed by atoms with Crippen molar-refractivity contribution >= 4 is 30.8 Å². The molecule has 2 aromatic heterocycles. The number of aryl methyl sites for hydroxylation is 2. The summed E-state index contributed by atoms with van der Waals surface area (Å²) < 4.78 is 40.2. The van der Waals surface area contributed by atoms with Crippen molar-refractivity contribution in [2.75, 3.05) is 13.2 Å². The number of aromatic nitrogens is 4. The van der Waals surface area contributed by atoms with Crippen LogP contribution in [-0.4, -0.2) is 49.6 Å². The summed E-state index contributed by atoms with van der Waals surface area (Å²) >= 11 is 12.6. The molecular weight excluding hydrogens is 642 g/mol. The summed E-state index contributed by atoms with van der Waals surface area (Å²) in [5, 5.41) is 11.4. The van der Waals surface area contributed by atoms with Crippen LogP contribution >= 0.6 is 30.8 Å². The number of nitrogens with zero attached hydrogens (tertiary/aromatic N) is 2. The second-order valence-corrected chi connectivity index (χ2v) is 13.6. The molecule has 1 unspecified atom stereocenters. The van der Waals surface area contributed by atoms with Crippen LogP contribution < -0.4 is 22.5 Å². The first-order chi connectivity index (χ1) is 20.9. The molecule has 1 aromatic carbocycles. The van der Waals surface area contributed by atoms with E-state index in [2.05, 4.69) is 9.97 Å². The molecular formula is C27H31Cl2N4O10P. The summed E-state index contributed by atoms with van der Waals surface area (Å²) in [5.41, 5.74) is -1.61. The third kappa shape index (κ3) is 6.87. The van der Waals surface area contributed by atoms with Crippen molar-refractivity contribution in [1.29, 1.82) is 0 Å². The number of aliphatic hydroxyl groups is 1. The predicted octanol–water partition coefficient (Wildman–Crippen LogP) is 3.28. The van der Waals surface area contributed by atoms with Gasteiger partial charge < -0.3 is 23.6 Å². The van der Waals surface area contributed by atoms with Gasteiger partial charge in [-0.1, -0.05) is 29.3 Å². The monoisotopic (exact) mass is 672 g/mol. The molecule has 44 heavy (non-hydrogen) atoms. The van der Waals surface area contributed by atoms with Gasteiger partial charge in [0.2, 0.25) is 0 Å². The largest absolute Gasteiger partial charge is 0.376 e. The highest BCUT2D eigenvalue weighted by atomic mass is 35.5. The minimum atomic E-state index is -4.43. The Kier molecular flexibility index (Phi) is 9.83. The number of ether oxygens (including phenoxy) is 2. The number of H-pyrrole nitrogens is 2. The average Bonchev–Trinajstić information content (AvgIpc) is 3.65. The molecule has 2 aliphatic heterocycles. The van der Waals surface area contributed by atoms with E-state index in [0.717, 1.165) is 0 Å². The van der Waals surface area contributed by atoms with Gasteiger partial charge in [0.1, 0.15) is 12.5 Å². The Labute approximate surface area is 260 Å². The molecule has 17 heteroatoms. The van der Waals surface area contributed by atoms with Crippen LogP contribution in [0.4, 0.5) is 0 Å². The molecule has 5 atom stereocenters. The number of halogens is 2. The maximum Gasteiger partial charge on any atom is 0.363 e. The Morgan fingerprint density at radius 2 is 1.30 bits per heavy atom. The smallest absolute Gasteiger partial charge is 0.363 e. The summed E-state index contributed by atoms with van der Waals surface area (Å²) in [5.74, 6) is -1.87. The van der Waals surface area contributed by atoms with Gasteiger partial charge in [0.25, 0.3) is 11.1 Å². The van der Waals surface area contributed by atoms with Crippen LogP contribution in [0.3, 0.4) is 0 Å². The number of hydrogen-bond acceptors (Lipinski definition) is 10. The molecule has 0 amide bonds. The minimum Gasteiger partial charge on any atom is -0.376 e. The van der Waals surface area contributed by atoms with Crippen molar-refractivity contribution in [2.24, 2.45) is 0 Å². The lowest BCUT2D eigenvalue weighted by atomic mass is 10.2. The molecule has 2 saturated heterocycles. The summed E-state index contributed by atoms with van der Waals surface area (Å²) in [6.07, 6.45) is 1.80. The van der Waals surface area contributed by atoms with Crippen LogP contribution in [-0.2, 0) is 23.1 Å². The van der Waals surface area contributed by atoms with Crippen LogP contribution in [0, 0.1) is 13.8 Å². The Bertz CT molecular complexity index is 1700. The first-order valence-electron chi connectivity index (χ1n) is 13.8. The predicted molar refractivity (Wildman–Crippen MR) is 159 cm³/mol. The number of aliphatic hydroxyl groups excluding tert-OH is 1. The number of aromatic amines is 2. The van der Waals surface area contributed by atoms with Crippen LogP contribution in [0.5, 0.6) is 0 Å². The lowest BCUT2D eigenvalue weighted by molar-refractivity contribution is -0.0351. The zero-order chi connectivity index (χ0) is 31.8. The molecule has 5 rings (SSSR count). The molecule has 2 fully saturated rings. The van der Waals surface area contributed by atoms with Crippen LogP contribution in [0.25, 0.3) is 0 Å². The molecule has 14 nitrogen and oxygen atoms in total. The van der Waals surface area contributed by atoms with Gasteiger partial charge in [-0.2, -0.15) is 0 Å². The highest BCUT2D eigenvalue weighted by Gasteiger charge is 2.42. The Hall–Kier alpha value is -2.81. The summed E-state index contributed by atoms with van der Waals surface area (Å²) in [6, 6.07) is 4.51. The van der Waals surface area contributed by atoms with E-state index in [1.807, 2.05) is 0 Å². The minimum absolute atomic E-state index is 0.0415. The van der Waals surface area contributed by atoms with Gasteiger partial charge >= 0.3 is 19.0 Å². The highest BCUT2D eigenvalue weighted by Crippen LogP contribution is 2.62. The Balaban J connectivity index is 1.30. The second kappa shape index (κ2) is 13.3. The first-order valence-corrected chi connectivity index (χ1v) is 16.2. The SMILES string of the molecule is Cc1cn([C@H]2CC[C@@H](COP(=O)(OC[C@@H]3CC[C@H](n4cc(C)c(=O)[nH]c4=O)O3)C(O)c3c(Cl)cccc3Cl)O2)c(=O)[nH]c1=O. The van der Waals surface area contributed by atoms with Crippen molar-refractivity contribution < 1.29 is 28.2 Å². The zero-order valence-corrected chi connectivity index (χ0v) is 26.1. The number of nitrogens with one attached hydrogen (secondary N) is 2. The maximum atomic E-state index is 14.2. The number of rotatable bonds is 10. The molecule has 3 N–H and O–H groups in total. The highest BCUT2D eigenvalue weighted by molar-refractivity contribution is 7.54. The fraction of sp³-hybridized carbons (Fsp3) is 0.481. The molecule has 0 aliphatic carbocycles. The van der Waals surface area contributed by atoms with Crippen molar-refractivity contribution in [1.82, 2.24) is 19.1 Å². The molecule has 238 valence electrons. The maximum absolute atomic E-state index is 14.2. The molecule has 0 radical (unpaired) electrons. The standard InChI is InChI=1S/C27H31Cl2N4O10P/c1-14-10-32(26(37)30-23(14)34)20-8-6-16(42-20)12-40-44(39,25(36)22-18(28)4-3-5-19(22)29)41-13-17-7-9-21(43-17)33-11-15(2)24(35)31-27(33)38/h3-5,10-11,16-17,20-21,25,36H,6-9,12-13H2,1-2H3,(H,30,34,37)(H,31,35,38)/t16-,17-,20+,21+,25?/m0/s1. The van der Waals surface area contributed by atoms with E-state index in [9.17, 15) is 28.8 Å². The lowest BCUT2D eigenvalue weighted by Crippen LogP contribution is -2.33. The van der Waals surface area contributed by atoms with Gasteiger partial charge in [-0.25, -0.2) is 9.59 Å². The van der Waals surface area contributed by atoms with Crippen LogP contribution in [0.1, 0.15) is 60.7 Å². The third-order valence-electron chi connectivity index (χ3n) is 7.52. The van der Waals surface area contributed by atoms with Crippen molar-refractivity contribution in [2.45, 2.75) is 70.0 Å². The number of benzene rings is 1. The summed E-state index contributed by atoms with van der Waals surface area (Å²) in [7, 11) is -4.43. The van der Waals surface area contributed by atoms with Crippen molar-refractivity contribution in [3.8, 4) is 0 Å². The fourth-order valence-corrected chi connectivity index (χ4v) is 7.55. The quantitative estimate of drug-likeness (QED) is 0.270. The molecule has 4 heterocycles.